The molecule has 0 radical (unpaired) electrons. The summed E-state index contributed by atoms with van der Waals surface area (Å²) in [6.07, 6.45) is 2.06. The van der Waals surface area contributed by atoms with Crippen LogP contribution >= 0.6 is 24.0 Å². The van der Waals surface area contributed by atoms with Crippen molar-refractivity contribution in [2.24, 2.45) is 10.7 Å². The highest BCUT2D eigenvalue weighted by Gasteiger charge is 2.38. The van der Waals surface area contributed by atoms with Crippen molar-refractivity contribution in [1.82, 2.24) is 5.32 Å². The molecule has 0 aliphatic heterocycles. The third-order valence-electron chi connectivity index (χ3n) is 3.88. The van der Waals surface area contributed by atoms with Crippen molar-refractivity contribution in [2.45, 2.75) is 24.8 Å². The number of nitrogens with zero attached hydrogens (tertiary/aromatic N) is 1. The molecule has 2 aromatic carbocycles. The van der Waals surface area contributed by atoms with Crippen molar-refractivity contribution in [3.05, 3.63) is 71.8 Å². The summed E-state index contributed by atoms with van der Waals surface area (Å²) in [6.45, 7) is 0.728. The topological polar surface area (TPSA) is 50.4 Å². The van der Waals surface area contributed by atoms with E-state index in [9.17, 15) is 0 Å². The van der Waals surface area contributed by atoms with Crippen LogP contribution in [0.2, 0.25) is 0 Å². The van der Waals surface area contributed by atoms with E-state index < -0.39 is 0 Å². The zero-order valence-corrected chi connectivity index (χ0v) is 14.8. The van der Waals surface area contributed by atoms with Gasteiger partial charge in [0.15, 0.2) is 5.96 Å². The number of guanidine groups is 1. The molecule has 3 N–H and O–H groups in total. The second kappa shape index (κ2) is 8.17. The molecule has 2 unspecified atom stereocenters. The molecule has 0 heterocycles. The zero-order valence-electron chi connectivity index (χ0n) is 12.5. The van der Waals surface area contributed by atoms with E-state index in [1.165, 1.54) is 11.1 Å². The molecule has 3 rings (SSSR count). The number of hydrogen-bond acceptors (Lipinski definition) is 1. The number of rotatable bonds is 5. The predicted molar refractivity (Wildman–Crippen MR) is 103 cm³/mol. The van der Waals surface area contributed by atoms with Gasteiger partial charge in [-0.1, -0.05) is 60.7 Å². The summed E-state index contributed by atoms with van der Waals surface area (Å²) in [5.41, 5.74) is 8.63. The van der Waals surface area contributed by atoms with Gasteiger partial charge in [0.2, 0.25) is 0 Å². The van der Waals surface area contributed by atoms with Crippen molar-refractivity contribution in [2.75, 3.05) is 6.54 Å². The van der Waals surface area contributed by atoms with E-state index in [0.717, 1.165) is 19.4 Å². The van der Waals surface area contributed by atoms with Crippen LogP contribution in [-0.2, 0) is 6.42 Å². The first-order valence-electron chi connectivity index (χ1n) is 7.48. The Morgan fingerprint density at radius 2 is 1.68 bits per heavy atom. The first-order chi connectivity index (χ1) is 10.3. The molecule has 0 bridgehead atoms. The molecule has 0 aromatic heterocycles. The summed E-state index contributed by atoms with van der Waals surface area (Å²) < 4.78 is 0. The number of halogens is 1. The van der Waals surface area contributed by atoms with Gasteiger partial charge in [0.05, 0.1) is 0 Å². The highest BCUT2D eigenvalue weighted by atomic mass is 127. The Labute approximate surface area is 149 Å². The van der Waals surface area contributed by atoms with Gasteiger partial charge in [0, 0.05) is 18.5 Å². The van der Waals surface area contributed by atoms with Gasteiger partial charge in [-0.25, -0.2) is 0 Å². The molecular weight excluding hydrogens is 385 g/mol. The molecular formula is C18H22IN3. The van der Waals surface area contributed by atoms with Crippen LogP contribution < -0.4 is 11.1 Å². The molecule has 1 aliphatic carbocycles. The summed E-state index contributed by atoms with van der Waals surface area (Å²) in [5, 5.41) is 3.32. The fourth-order valence-corrected chi connectivity index (χ4v) is 2.61. The lowest BCUT2D eigenvalue weighted by molar-refractivity contribution is 0.843. The van der Waals surface area contributed by atoms with Crippen molar-refractivity contribution in [3.8, 4) is 0 Å². The largest absolute Gasteiger partial charge is 0.370 e. The minimum atomic E-state index is 0. The van der Waals surface area contributed by atoms with Gasteiger partial charge in [-0.05, 0) is 24.0 Å². The number of nitrogens with two attached hydrogens (primary N) is 1. The summed E-state index contributed by atoms with van der Waals surface area (Å²) >= 11 is 0. The molecule has 1 fully saturated rings. The molecule has 22 heavy (non-hydrogen) atoms. The van der Waals surface area contributed by atoms with Gasteiger partial charge in [0.25, 0.3) is 0 Å². The van der Waals surface area contributed by atoms with Gasteiger partial charge >= 0.3 is 0 Å². The third-order valence-corrected chi connectivity index (χ3v) is 3.88. The average molecular weight is 407 g/mol. The second-order valence-corrected chi connectivity index (χ2v) is 5.51. The first kappa shape index (κ1) is 16.8. The van der Waals surface area contributed by atoms with Crippen LogP contribution in [0.3, 0.4) is 0 Å². The van der Waals surface area contributed by atoms with E-state index in [1.807, 2.05) is 12.1 Å². The number of nitrogens with one attached hydrogen (secondary N) is 1. The van der Waals surface area contributed by atoms with E-state index >= 15 is 0 Å². The zero-order chi connectivity index (χ0) is 14.5. The quantitative estimate of drug-likeness (QED) is 0.454. The van der Waals surface area contributed by atoms with Gasteiger partial charge in [0.1, 0.15) is 0 Å². The average Bonchev–Trinajstić information content (AvgIpc) is 3.28. The van der Waals surface area contributed by atoms with Gasteiger partial charge in [-0.2, -0.15) is 0 Å². The molecule has 1 saturated carbocycles. The number of hydrogen-bond donors (Lipinski definition) is 2. The Morgan fingerprint density at radius 3 is 2.36 bits per heavy atom. The molecule has 3 nitrogen and oxygen atoms in total. The van der Waals surface area contributed by atoms with Gasteiger partial charge < -0.3 is 11.1 Å². The summed E-state index contributed by atoms with van der Waals surface area (Å²) in [7, 11) is 0. The van der Waals surface area contributed by atoms with Crippen LogP contribution in [0.1, 0.15) is 23.5 Å². The Balaban J connectivity index is 0.00000176. The van der Waals surface area contributed by atoms with Crippen LogP contribution in [0.25, 0.3) is 0 Å². The van der Waals surface area contributed by atoms with E-state index in [4.69, 9.17) is 5.73 Å². The maximum atomic E-state index is 5.96. The Morgan fingerprint density at radius 1 is 1.05 bits per heavy atom. The molecule has 4 heteroatoms. The fourth-order valence-electron chi connectivity index (χ4n) is 2.61. The lowest BCUT2D eigenvalue weighted by atomic mass is 10.1. The Bertz CT molecular complexity index is 598. The maximum Gasteiger partial charge on any atom is 0.188 e. The summed E-state index contributed by atoms with van der Waals surface area (Å²) in [6, 6.07) is 21.4. The maximum absolute atomic E-state index is 5.96. The minimum absolute atomic E-state index is 0. The molecule has 116 valence electrons. The Kier molecular flexibility index (Phi) is 6.24. The summed E-state index contributed by atoms with van der Waals surface area (Å²) in [4.78, 5) is 4.41. The first-order valence-corrected chi connectivity index (χ1v) is 7.48. The highest BCUT2D eigenvalue weighted by molar-refractivity contribution is 14.0. The number of aliphatic imine (C=N–C) groups is 1. The number of benzene rings is 2. The molecule has 0 amide bonds. The van der Waals surface area contributed by atoms with Crippen molar-refractivity contribution in [1.29, 1.82) is 0 Å². The van der Waals surface area contributed by atoms with Crippen molar-refractivity contribution >= 4 is 29.9 Å². The molecule has 2 aromatic rings. The van der Waals surface area contributed by atoms with Crippen LogP contribution in [0, 0.1) is 0 Å². The summed E-state index contributed by atoms with van der Waals surface area (Å²) in [5.74, 6) is 1.14. The van der Waals surface area contributed by atoms with Crippen LogP contribution in [0.4, 0.5) is 0 Å². The predicted octanol–water partition coefficient (Wildman–Crippen LogP) is 3.31. The highest BCUT2D eigenvalue weighted by Crippen LogP contribution is 2.40. The van der Waals surface area contributed by atoms with Gasteiger partial charge in [-0.3, -0.25) is 4.99 Å². The smallest absolute Gasteiger partial charge is 0.188 e. The minimum Gasteiger partial charge on any atom is -0.370 e. The Hall–Kier alpha value is -1.56. The van der Waals surface area contributed by atoms with Crippen LogP contribution in [0.15, 0.2) is 65.7 Å². The van der Waals surface area contributed by atoms with Crippen molar-refractivity contribution < 1.29 is 0 Å². The lowest BCUT2D eigenvalue weighted by Gasteiger charge is -2.05. The third kappa shape index (κ3) is 4.73. The van der Waals surface area contributed by atoms with Gasteiger partial charge in [-0.15, -0.1) is 24.0 Å². The monoisotopic (exact) mass is 407 g/mol. The molecule has 2 atom stereocenters. The fraction of sp³-hybridized carbons (Fsp3) is 0.278. The second-order valence-electron chi connectivity index (χ2n) is 5.51. The van der Waals surface area contributed by atoms with E-state index in [-0.39, 0.29) is 24.0 Å². The van der Waals surface area contributed by atoms with Crippen LogP contribution in [0.5, 0.6) is 0 Å². The SMILES string of the molecule is I.NC(=NCCc1ccccc1)NC1CC1c1ccccc1. The van der Waals surface area contributed by atoms with E-state index in [0.29, 0.717) is 17.9 Å². The van der Waals surface area contributed by atoms with E-state index in [2.05, 4.69) is 58.8 Å². The molecule has 1 aliphatic rings. The standard InChI is InChI=1S/C18H21N3.HI/c19-18(20-12-11-14-7-3-1-4-8-14)21-17-13-16(17)15-9-5-2-6-10-15;/h1-10,16-17H,11-13H2,(H3,19,20,21);1H. The normalized spacial score (nSPS) is 20.1. The van der Waals surface area contributed by atoms with Crippen LogP contribution in [-0.4, -0.2) is 18.5 Å². The van der Waals surface area contributed by atoms with E-state index in [1.54, 1.807) is 0 Å². The lowest BCUT2D eigenvalue weighted by Crippen LogP contribution is -2.34. The molecule has 0 saturated heterocycles. The van der Waals surface area contributed by atoms with Crippen molar-refractivity contribution in [3.63, 3.8) is 0 Å². The molecule has 0 spiro atoms.